The fourth-order valence-electron chi connectivity index (χ4n) is 3.69. The van der Waals surface area contributed by atoms with Crippen molar-refractivity contribution in [2.75, 3.05) is 6.54 Å². The molecule has 0 saturated heterocycles. The third kappa shape index (κ3) is 2.37. The summed E-state index contributed by atoms with van der Waals surface area (Å²) in [6, 6.07) is 6.54. The second kappa shape index (κ2) is 4.77. The summed E-state index contributed by atoms with van der Waals surface area (Å²) in [5, 5.41) is 3.66. The first-order chi connectivity index (χ1) is 8.33. The van der Waals surface area contributed by atoms with E-state index in [-0.39, 0.29) is 0 Å². The fraction of sp³-hybridized carbons (Fsp3) is 0.667. The third-order valence-corrected chi connectivity index (χ3v) is 4.70. The quantitative estimate of drug-likeness (QED) is 0.859. The van der Waals surface area contributed by atoms with E-state index in [1.807, 2.05) is 12.3 Å². The van der Waals surface area contributed by atoms with Crippen LogP contribution in [-0.2, 0) is 0 Å². The zero-order valence-corrected chi connectivity index (χ0v) is 10.6. The number of pyridine rings is 1. The highest BCUT2D eigenvalue weighted by Crippen LogP contribution is 2.48. The molecule has 2 heteroatoms. The van der Waals surface area contributed by atoms with Gasteiger partial charge in [0.15, 0.2) is 0 Å². The van der Waals surface area contributed by atoms with Crippen LogP contribution in [0.4, 0.5) is 0 Å². The van der Waals surface area contributed by atoms with Gasteiger partial charge in [-0.05, 0) is 62.6 Å². The first-order valence-corrected chi connectivity index (χ1v) is 6.97. The Labute approximate surface area is 104 Å². The van der Waals surface area contributed by atoms with E-state index in [1.165, 1.54) is 32.2 Å². The summed E-state index contributed by atoms with van der Waals surface area (Å²) >= 11 is 0. The Kier molecular flexibility index (Phi) is 3.15. The summed E-state index contributed by atoms with van der Waals surface area (Å²) in [5.41, 5.74) is 1.16. The highest BCUT2D eigenvalue weighted by atomic mass is 14.9. The van der Waals surface area contributed by atoms with Crippen molar-refractivity contribution in [3.63, 3.8) is 0 Å². The molecule has 2 aliphatic carbocycles. The van der Waals surface area contributed by atoms with Crippen LogP contribution >= 0.6 is 0 Å². The van der Waals surface area contributed by atoms with Crippen LogP contribution in [0.1, 0.15) is 44.3 Å². The minimum Gasteiger partial charge on any atom is -0.309 e. The Morgan fingerprint density at radius 3 is 2.94 bits per heavy atom. The number of nitrogens with zero attached hydrogens (tertiary/aromatic N) is 1. The number of hydrogen-bond acceptors (Lipinski definition) is 2. The molecule has 0 aliphatic heterocycles. The first kappa shape index (κ1) is 11.2. The van der Waals surface area contributed by atoms with Crippen LogP contribution < -0.4 is 5.32 Å². The second-order valence-corrected chi connectivity index (χ2v) is 5.82. The lowest BCUT2D eigenvalue weighted by Gasteiger charge is -2.24. The Bertz CT molecular complexity index is 362. The average molecular weight is 230 g/mol. The summed E-state index contributed by atoms with van der Waals surface area (Å²) in [6.07, 6.45) is 7.83. The van der Waals surface area contributed by atoms with Gasteiger partial charge in [0, 0.05) is 12.2 Å². The molecule has 1 aromatic rings. The lowest BCUT2D eigenvalue weighted by Crippen LogP contribution is -2.29. The number of aromatic nitrogens is 1. The van der Waals surface area contributed by atoms with Crippen LogP contribution in [0.25, 0.3) is 0 Å². The first-order valence-electron chi connectivity index (χ1n) is 6.97. The molecule has 0 aromatic carbocycles. The Morgan fingerprint density at radius 1 is 1.35 bits per heavy atom. The van der Waals surface area contributed by atoms with Crippen molar-refractivity contribution in [2.24, 2.45) is 17.8 Å². The van der Waals surface area contributed by atoms with E-state index >= 15 is 0 Å². The molecule has 2 fully saturated rings. The van der Waals surface area contributed by atoms with Crippen molar-refractivity contribution in [2.45, 2.75) is 38.6 Å². The van der Waals surface area contributed by atoms with Gasteiger partial charge < -0.3 is 5.32 Å². The zero-order chi connectivity index (χ0) is 11.7. The number of rotatable bonds is 4. The molecule has 2 saturated carbocycles. The van der Waals surface area contributed by atoms with Crippen LogP contribution in [0.2, 0.25) is 0 Å². The fourth-order valence-corrected chi connectivity index (χ4v) is 3.69. The molecule has 3 unspecified atom stereocenters. The Balaban J connectivity index is 1.51. The van der Waals surface area contributed by atoms with Crippen molar-refractivity contribution in [1.29, 1.82) is 0 Å². The van der Waals surface area contributed by atoms with Gasteiger partial charge in [-0.3, -0.25) is 4.98 Å². The summed E-state index contributed by atoms with van der Waals surface area (Å²) in [4.78, 5) is 4.41. The van der Waals surface area contributed by atoms with Gasteiger partial charge in [0.25, 0.3) is 0 Å². The van der Waals surface area contributed by atoms with Crippen molar-refractivity contribution in [1.82, 2.24) is 10.3 Å². The monoisotopic (exact) mass is 230 g/mol. The zero-order valence-electron chi connectivity index (χ0n) is 10.6. The van der Waals surface area contributed by atoms with Gasteiger partial charge in [0.05, 0.1) is 5.69 Å². The van der Waals surface area contributed by atoms with Crippen LogP contribution in [0, 0.1) is 17.8 Å². The lowest BCUT2D eigenvalue weighted by molar-refractivity contribution is 0.308. The maximum absolute atomic E-state index is 4.41. The SMILES string of the molecule is C[C@H](NCC1CC2CCC1C2)c1ccccn1. The van der Waals surface area contributed by atoms with Crippen molar-refractivity contribution in [3.05, 3.63) is 30.1 Å². The van der Waals surface area contributed by atoms with E-state index in [1.54, 1.807) is 0 Å². The minimum atomic E-state index is 0.385. The van der Waals surface area contributed by atoms with Gasteiger partial charge in [0.2, 0.25) is 0 Å². The van der Waals surface area contributed by atoms with Gasteiger partial charge >= 0.3 is 0 Å². The van der Waals surface area contributed by atoms with Crippen LogP contribution in [0.15, 0.2) is 24.4 Å². The average Bonchev–Trinajstić information content (AvgIpc) is 2.99. The third-order valence-electron chi connectivity index (χ3n) is 4.70. The molecule has 3 rings (SSSR count). The molecule has 0 radical (unpaired) electrons. The highest BCUT2D eigenvalue weighted by Gasteiger charge is 2.39. The van der Waals surface area contributed by atoms with Crippen LogP contribution in [0.3, 0.4) is 0 Å². The summed E-state index contributed by atoms with van der Waals surface area (Å²) in [7, 11) is 0. The molecule has 1 aromatic heterocycles. The number of fused-ring (bicyclic) bond motifs is 2. The van der Waals surface area contributed by atoms with Gasteiger partial charge in [-0.15, -0.1) is 0 Å². The van der Waals surface area contributed by atoms with E-state index in [9.17, 15) is 0 Å². The van der Waals surface area contributed by atoms with Gasteiger partial charge in [-0.25, -0.2) is 0 Å². The molecule has 1 N–H and O–H groups in total. The smallest absolute Gasteiger partial charge is 0.0570 e. The maximum Gasteiger partial charge on any atom is 0.0570 e. The predicted molar refractivity (Wildman–Crippen MR) is 69.6 cm³/mol. The van der Waals surface area contributed by atoms with Gasteiger partial charge in [0.1, 0.15) is 0 Å². The Morgan fingerprint density at radius 2 is 2.29 bits per heavy atom. The van der Waals surface area contributed by atoms with Crippen molar-refractivity contribution in [3.8, 4) is 0 Å². The Hall–Kier alpha value is -0.890. The normalized spacial score (nSPS) is 32.9. The molecule has 1 heterocycles. The summed E-state index contributed by atoms with van der Waals surface area (Å²) in [5.74, 6) is 3.00. The molecule has 0 spiro atoms. The highest BCUT2D eigenvalue weighted by molar-refractivity contribution is 5.07. The van der Waals surface area contributed by atoms with Gasteiger partial charge in [-0.2, -0.15) is 0 Å². The summed E-state index contributed by atoms with van der Waals surface area (Å²) in [6.45, 7) is 3.40. The van der Waals surface area contributed by atoms with E-state index in [4.69, 9.17) is 0 Å². The summed E-state index contributed by atoms with van der Waals surface area (Å²) < 4.78 is 0. The largest absolute Gasteiger partial charge is 0.309 e. The predicted octanol–water partition coefficient (Wildman–Crippen LogP) is 3.17. The molecular formula is C15H22N2. The molecular weight excluding hydrogens is 208 g/mol. The van der Waals surface area contributed by atoms with E-state index in [0.29, 0.717) is 6.04 Å². The van der Waals surface area contributed by atoms with Crippen molar-refractivity contribution >= 4 is 0 Å². The van der Waals surface area contributed by atoms with Gasteiger partial charge in [-0.1, -0.05) is 12.5 Å². The van der Waals surface area contributed by atoms with Crippen LogP contribution in [0.5, 0.6) is 0 Å². The second-order valence-electron chi connectivity index (χ2n) is 5.82. The lowest BCUT2D eigenvalue weighted by atomic mass is 9.88. The van der Waals surface area contributed by atoms with E-state index < -0.39 is 0 Å². The number of hydrogen-bond donors (Lipinski definition) is 1. The molecule has 4 atom stereocenters. The van der Waals surface area contributed by atoms with Crippen molar-refractivity contribution < 1.29 is 0 Å². The molecule has 2 aliphatic rings. The topological polar surface area (TPSA) is 24.9 Å². The standard InChI is InChI=1S/C15H22N2/c1-11(15-4-2-3-7-16-15)17-10-14-9-12-5-6-13(14)8-12/h2-4,7,11-14,17H,5-6,8-10H2,1H3/t11-,12?,13?,14?/m0/s1. The minimum absolute atomic E-state index is 0.385. The molecule has 0 amide bonds. The van der Waals surface area contributed by atoms with Crippen LogP contribution in [-0.4, -0.2) is 11.5 Å². The van der Waals surface area contributed by atoms with E-state index in [0.717, 1.165) is 23.4 Å². The molecule has 92 valence electrons. The van der Waals surface area contributed by atoms with E-state index in [2.05, 4.69) is 29.4 Å². The number of nitrogens with one attached hydrogen (secondary N) is 1. The molecule has 17 heavy (non-hydrogen) atoms. The maximum atomic E-state index is 4.41. The molecule has 2 bridgehead atoms. The molecule has 2 nitrogen and oxygen atoms in total.